The van der Waals surface area contributed by atoms with E-state index in [4.69, 9.17) is 9.47 Å². The zero-order valence-electron chi connectivity index (χ0n) is 13.2. The molecule has 0 amide bonds. The zero-order chi connectivity index (χ0) is 17.1. The Hall–Kier alpha value is -2.66. The van der Waals surface area contributed by atoms with Gasteiger partial charge in [0.05, 0.1) is 18.7 Å². The van der Waals surface area contributed by atoms with Crippen LogP contribution in [0.4, 0.5) is 4.39 Å². The van der Waals surface area contributed by atoms with Crippen molar-refractivity contribution < 1.29 is 18.7 Å². The van der Waals surface area contributed by atoms with Crippen molar-refractivity contribution in [2.45, 2.75) is 19.2 Å². The van der Waals surface area contributed by atoms with E-state index >= 15 is 0 Å². The van der Waals surface area contributed by atoms with E-state index in [0.29, 0.717) is 17.7 Å². The van der Waals surface area contributed by atoms with Crippen LogP contribution in [0.2, 0.25) is 0 Å². The Bertz CT molecular complexity index is 785. The molecule has 0 unspecified atom stereocenters. The van der Waals surface area contributed by atoms with E-state index in [2.05, 4.69) is 10.2 Å². The molecular weight excluding hydrogens is 315 g/mol. The van der Waals surface area contributed by atoms with E-state index in [1.165, 1.54) is 0 Å². The summed E-state index contributed by atoms with van der Waals surface area (Å²) < 4.78 is 24.9. The summed E-state index contributed by atoms with van der Waals surface area (Å²) in [6, 6.07) is 5.40. The van der Waals surface area contributed by atoms with Crippen molar-refractivity contribution in [3.05, 3.63) is 23.9 Å². The van der Waals surface area contributed by atoms with Crippen molar-refractivity contribution in [1.82, 2.24) is 15.1 Å². The summed E-state index contributed by atoms with van der Waals surface area (Å²) >= 11 is 0. The van der Waals surface area contributed by atoms with Crippen LogP contribution in [0.3, 0.4) is 0 Å². The van der Waals surface area contributed by atoms with E-state index < -0.39 is 18.2 Å². The fourth-order valence-corrected chi connectivity index (χ4v) is 2.78. The van der Waals surface area contributed by atoms with Crippen LogP contribution in [0, 0.1) is 11.3 Å². The number of nitrogens with zero attached hydrogens (tertiary/aromatic N) is 3. The van der Waals surface area contributed by atoms with E-state index in [9.17, 15) is 14.4 Å². The van der Waals surface area contributed by atoms with Crippen LogP contribution in [0.5, 0.6) is 5.75 Å². The lowest BCUT2D eigenvalue weighted by atomic mass is 10.1. The number of carbonyl (C=O) groups is 1. The highest BCUT2D eigenvalue weighted by Crippen LogP contribution is 2.30. The van der Waals surface area contributed by atoms with Crippen molar-refractivity contribution in [2.24, 2.45) is 0 Å². The fourth-order valence-electron chi connectivity index (χ4n) is 2.78. The summed E-state index contributed by atoms with van der Waals surface area (Å²) in [6.07, 6.45) is -0.355. The van der Waals surface area contributed by atoms with Crippen LogP contribution in [-0.4, -0.2) is 59.6 Å². The second kappa shape index (κ2) is 6.84. The molecule has 1 fully saturated rings. The van der Waals surface area contributed by atoms with E-state index in [-0.39, 0.29) is 25.4 Å². The average molecular weight is 332 g/mol. The van der Waals surface area contributed by atoms with Gasteiger partial charge >= 0.3 is 5.97 Å². The normalized spacial score (nSPS) is 20.9. The number of H-pyrrole nitrogens is 1. The second-order valence-electron chi connectivity index (χ2n) is 5.55. The van der Waals surface area contributed by atoms with Gasteiger partial charge in [0, 0.05) is 24.7 Å². The molecule has 1 aromatic heterocycles. The van der Waals surface area contributed by atoms with Crippen molar-refractivity contribution in [3.63, 3.8) is 0 Å². The number of aromatic nitrogens is 2. The number of esters is 1. The van der Waals surface area contributed by atoms with Crippen molar-refractivity contribution in [2.75, 3.05) is 26.2 Å². The molecule has 0 bridgehead atoms. The lowest BCUT2D eigenvalue weighted by Gasteiger charge is -2.17. The molecule has 2 aromatic rings. The minimum absolute atomic E-state index is 0.0197. The first-order chi connectivity index (χ1) is 11.6. The van der Waals surface area contributed by atoms with Gasteiger partial charge in [-0.3, -0.25) is 14.8 Å². The lowest BCUT2D eigenvalue weighted by molar-refractivity contribution is -0.144. The molecule has 8 heteroatoms. The van der Waals surface area contributed by atoms with Crippen molar-refractivity contribution >= 4 is 16.9 Å². The summed E-state index contributed by atoms with van der Waals surface area (Å²) in [5, 5.41) is 16.8. The maximum Gasteiger partial charge on any atom is 0.320 e. The molecule has 0 radical (unpaired) electrons. The Morgan fingerprint density at radius 1 is 1.54 bits per heavy atom. The zero-order valence-corrected chi connectivity index (χ0v) is 13.2. The number of benzene rings is 1. The van der Waals surface area contributed by atoms with Gasteiger partial charge in [-0.05, 0) is 19.1 Å². The molecule has 126 valence electrons. The fraction of sp³-hybridized carbons (Fsp3) is 0.438. The minimum atomic E-state index is -1.26. The quantitative estimate of drug-likeness (QED) is 0.832. The lowest BCUT2D eigenvalue weighted by Crippen LogP contribution is -2.31. The molecule has 1 aromatic carbocycles. The van der Waals surface area contributed by atoms with Gasteiger partial charge in [0.15, 0.2) is 11.9 Å². The third-order valence-electron chi connectivity index (χ3n) is 3.88. The predicted molar refractivity (Wildman–Crippen MR) is 83.2 cm³/mol. The SMILES string of the molecule is CCOC(=O)CN1C[C@@H](F)[C@H](Oc2c(C#N)ccc3c[nH]nc23)C1. The number of alkyl halides is 1. The summed E-state index contributed by atoms with van der Waals surface area (Å²) in [5.41, 5.74) is 0.788. The molecule has 3 rings (SSSR count). The van der Waals surface area contributed by atoms with Gasteiger partial charge in [0.25, 0.3) is 0 Å². The highest BCUT2D eigenvalue weighted by molar-refractivity contribution is 5.86. The number of nitrogens with one attached hydrogen (secondary N) is 1. The van der Waals surface area contributed by atoms with Gasteiger partial charge in [0.2, 0.25) is 0 Å². The molecule has 2 atom stereocenters. The highest BCUT2D eigenvalue weighted by Gasteiger charge is 2.36. The van der Waals surface area contributed by atoms with Crippen LogP contribution in [-0.2, 0) is 9.53 Å². The van der Waals surface area contributed by atoms with Crippen LogP contribution in [0.15, 0.2) is 18.3 Å². The van der Waals surface area contributed by atoms with Gasteiger partial charge in [-0.2, -0.15) is 10.4 Å². The average Bonchev–Trinajstić information content (AvgIpc) is 3.15. The minimum Gasteiger partial charge on any atom is -0.482 e. The molecule has 0 spiro atoms. The third-order valence-corrected chi connectivity index (χ3v) is 3.88. The number of nitriles is 1. The Morgan fingerprint density at radius 2 is 2.38 bits per heavy atom. The summed E-state index contributed by atoms with van der Waals surface area (Å²) in [4.78, 5) is 13.2. The molecule has 1 saturated heterocycles. The number of ether oxygens (including phenoxy) is 2. The van der Waals surface area contributed by atoms with E-state index in [0.717, 1.165) is 5.39 Å². The van der Waals surface area contributed by atoms with Gasteiger partial charge in [0.1, 0.15) is 17.7 Å². The number of aromatic amines is 1. The second-order valence-corrected chi connectivity index (χ2v) is 5.55. The standard InChI is InChI=1S/C16H17FN4O3/c1-2-23-14(22)9-21-7-12(17)13(8-21)24-16-10(5-18)3-4-11-6-19-20-15(11)16/h3-4,6,12-13H,2,7-9H2,1H3,(H,19,20)/t12-,13-/m1/s1. The molecule has 0 saturated carbocycles. The first-order valence-electron chi connectivity index (χ1n) is 7.67. The Labute approximate surface area is 137 Å². The smallest absolute Gasteiger partial charge is 0.320 e. The largest absolute Gasteiger partial charge is 0.482 e. The van der Waals surface area contributed by atoms with E-state index in [1.807, 2.05) is 6.07 Å². The Morgan fingerprint density at radius 3 is 3.12 bits per heavy atom. The molecule has 1 aliphatic heterocycles. The van der Waals surface area contributed by atoms with Gasteiger partial charge < -0.3 is 9.47 Å². The number of hydrogen-bond acceptors (Lipinski definition) is 6. The topological polar surface area (TPSA) is 91.2 Å². The summed E-state index contributed by atoms with van der Waals surface area (Å²) in [5.74, 6) is -0.126. The van der Waals surface area contributed by atoms with Crippen LogP contribution in [0.25, 0.3) is 10.9 Å². The van der Waals surface area contributed by atoms with Crippen LogP contribution in [0.1, 0.15) is 12.5 Å². The maximum absolute atomic E-state index is 14.3. The molecule has 0 aliphatic carbocycles. The Kier molecular flexibility index (Phi) is 4.62. The predicted octanol–water partition coefficient (Wildman–Crippen LogP) is 1.40. The molecule has 7 nitrogen and oxygen atoms in total. The number of hydrogen-bond donors (Lipinski definition) is 1. The van der Waals surface area contributed by atoms with Gasteiger partial charge in [-0.25, -0.2) is 4.39 Å². The molecule has 1 aliphatic rings. The molecule has 24 heavy (non-hydrogen) atoms. The number of fused-ring (bicyclic) bond motifs is 1. The van der Waals surface area contributed by atoms with Gasteiger partial charge in [-0.15, -0.1) is 0 Å². The number of likely N-dealkylation sites (tertiary alicyclic amines) is 1. The molecule has 2 heterocycles. The number of rotatable bonds is 5. The number of halogens is 1. The van der Waals surface area contributed by atoms with Crippen molar-refractivity contribution in [1.29, 1.82) is 5.26 Å². The third kappa shape index (κ3) is 3.16. The summed E-state index contributed by atoms with van der Waals surface area (Å²) in [6.45, 7) is 2.36. The van der Waals surface area contributed by atoms with Crippen LogP contribution < -0.4 is 4.74 Å². The summed E-state index contributed by atoms with van der Waals surface area (Å²) in [7, 11) is 0. The maximum atomic E-state index is 14.3. The first-order valence-corrected chi connectivity index (χ1v) is 7.67. The van der Waals surface area contributed by atoms with Gasteiger partial charge in [-0.1, -0.05) is 0 Å². The highest BCUT2D eigenvalue weighted by atomic mass is 19.1. The number of carbonyl (C=O) groups excluding carboxylic acids is 1. The van der Waals surface area contributed by atoms with Crippen molar-refractivity contribution in [3.8, 4) is 11.8 Å². The Balaban J connectivity index is 1.76. The monoisotopic (exact) mass is 332 g/mol. The molecule has 1 N–H and O–H groups in total. The van der Waals surface area contributed by atoms with Crippen LogP contribution >= 0.6 is 0 Å². The first kappa shape index (κ1) is 16.2. The van der Waals surface area contributed by atoms with E-state index in [1.54, 1.807) is 30.2 Å². The molecular formula is C16H17FN4O3.